The molecule has 0 spiro atoms. The minimum absolute atomic E-state index is 0.223. The normalized spacial score (nSPS) is 33.2. The zero-order valence-electron chi connectivity index (χ0n) is 67.6. The average molecular weight is 1430 g/mol. The summed E-state index contributed by atoms with van der Waals surface area (Å²) in [4.78, 5) is 0. The summed E-state index contributed by atoms with van der Waals surface area (Å²) >= 11 is 0. The van der Waals surface area contributed by atoms with E-state index in [2.05, 4.69) is 208 Å². The van der Waals surface area contributed by atoms with Gasteiger partial charge in [0.15, 0.2) is 0 Å². The molecule has 0 radical (unpaired) electrons. The van der Waals surface area contributed by atoms with Gasteiger partial charge in [0.05, 0.1) is 48.8 Å². The van der Waals surface area contributed by atoms with E-state index in [1.54, 1.807) is 0 Å². The van der Waals surface area contributed by atoms with Gasteiger partial charge < -0.3 is 40.9 Å². The van der Waals surface area contributed by atoms with E-state index in [0.29, 0.717) is 51.4 Å². The van der Waals surface area contributed by atoms with Crippen molar-refractivity contribution in [3.8, 4) is 0 Å². The third-order valence-corrected chi connectivity index (χ3v) is 26.5. The van der Waals surface area contributed by atoms with Crippen LogP contribution in [-0.2, 0) is 0 Å². The van der Waals surface area contributed by atoms with Crippen LogP contribution >= 0.6 is 0 Å². The van der Waals surface area contributed by atoms with Gasteiger partial charge in [0.25, 0.3) is 0 Å². The van der Waals surface area contributed by atoms with Gasteiger partial charge >= 0.3 is 0 Å². The van der Waals surface area contributed by atoms with Gasteiger partial charge in [-0.3, -0.25) is 0 Å². The molecule has 0 aromatic heterocycles. The van der Waals surface area contributed by atoms with Crippen molar-refractivity contribution in [1.29, 1.82) is 0 Å². The van der Waals surface area contributed by atoms with E-state index in [0.717, 1.165) is 147 Å². The number of fused-ring (bicyclic) bond motifs is 16. The lowest BCUT2D eigenvalue weighted by Gasteiger charge is -2.39. The molecule has 104 heavy (non-hydrogen) atoms. The Bertz CT molecular complexity index is 3430. The van der Waals surface area contributed by atoms with Gasteiger partial charge in [0, 0.05) is 47.3 Å². The summed E-state index contributed by atoms with van der Waals surface area (Å²) in [6, 6.07) is 0. The summed E-state index contributed by atoms with van der Waals surface area (Å²) in [7, 11) is 0. The molecule has 8 heteroatoms. The molecule has 1 saturated carbocycles. The Kier molecular flexibility index (Phi) is 31.1. The first kappa shape index (κ1) is 83.6. The van der Waals surface area contributed by atoms with Crippen LogP contribution < -0.4 is 0 Å². The Morgan fingerprint density at radius 1 is 0.221 bits per heavy atom. The average Bonchev–Trinajstić information content (AvgIpc) is 0.787. The number of hydrogen-bond acceptors (Lipinski definition) is 8. The maximum Gasteiger partial charge on any atom is 0.0822 e. The molecule has 16 bridgehead atoms. The largest absolute Gasteiger partial charge is 0.388 e. The molecule has 8 N–H and O–H groups in total. The fourth-order valence-corrected chi connectivity index (χ4v) is 19.9. The molecule has 0 saturated heterocycles. The molecule has 576 valence electrons. The number of rotatable bonds is 24. The van der Waals surface area contributed by atoms with Crippen LogP contribution in [0.2, 0.25) is 0 Å². The Balaban J connectivity index is 1.19. The Labute approximate surface area is 632 Å². The van der Waals surface area contributed by atoms with Crippen molar-refractivity contribution in [2.45, 2.75) is 314 Å². The second-order valence-corrected chi connectivity index (χ2v) is 35.1. The monoisotopic (exact) mass is 1430 g/mol. The predicted octanol–water partition coefficient (Wildman–Crippen LogP) is 21.4. The van der Waals surface area contributed by atoms with Crippen molar-refractivity contribution in [2.75, 3.05) is 0 Å². The van der Waals surface area contributed by atoms with Crippen molar-refractivity contribution in [3.05, 3.63) is 186 Å². The first-order chi connectivity index (χ1) is 49.8. The number of aliphatic hydroxyl groups excluding tert-OH is 8. The van der Waals surface area contributed by atoms with E-state index >= 15 is 0 Å². The van der Waals surface area contributed by atoms with Crippen molar-refractivity contribution >= 4 is 0 Å². The van der Waals surface area contributed by atoms with Crippen molar-refractivity contribution in [1.82, 2.24) is 0 Å². The summed E-state index contributed by atoms with van der Waals surface area (Å²) in [5.74, 6) is -0.776. The van der Waals surface area contributed by atoms with Crippen molar-refractivity contribution < 1.29 is 40.9 Å². The third-order valence-electron chi connectivity index (χ3n) is 26.5. The van der Waals surface area contributed by atoms with Crippen LogP contribution in [0.25, 0.3) is 0 Å². The zero-order valence-corrected chi connectivity index (χ0v) is 67.6. The van der Waals surface area contributed by atoms with Crippen LogP contribution in [-0.4, -0.2) is 89.7 Å². The molecular formula is C96H144O8. The van der Waals surface area contributed by atoms with Gasteiger partial charge in [-0.1, -0.05) is 259 Å². The fourth-order valence-electron chi connectivity index (χ4n) is 19.9. The first-order valence-corrected chi connectivity index (χ1v) is 42.6. The van der Waals surface area contributed by atoms with Crippen LogP contribution in [0.15, 0.2) is 186 Å². The van der Waals surface area contributed by atoms with Gasteiger partial charge in [-0.25, -0.2) is 0 Å². The van der Waals surface area contributed by atoms with E-state index in [1.165, 1.54) is 44.6 Å². The smallest absolute Gasteiger partial charge is 0.0822 e. The molecule has 0 aromatic carbocycles. The van der Waals surface area contributed by atoms with Gasteiger partial charge in [0.2, 0.25) is 0 Å². The van der Waals surface area contributed by atoms with Crippen LogP contribution in [0.4, 0.5) is 0 Å². The maximum absolute atomic E-state index is 13.2. The van der Waals surface area contributed by atoms with Crippen LogP contribution in [0, 0.1) is 94.7 Å². The van der Waals surface area contributed by atoms with Gasteiger partial charge in [-0.05, 0) is 239 Å². The van der Waals surface area contributed by atoms with Gasteiger partial charge in [-0.15, -0.1) is 0 Å². The molecule has 9 aliphatic carbocycles. The SMILES string of the molecule is CCCC(C)C1=CC2CC3=CC(C(C)CCC)=CC(CC4=CC(C(C)CCC)=CC(CC5C=C(C(C)CCC)C=C(CC6C=C(C(C)CCC)C=C(CC7=CC(C(C)CCC)=CC(CC8C=C(C(C)CCC)C=C(CC9C=C(C(C)CCC)C=C(CC(=C1)C2O)C9O)C8O)C7O)C6O)C5O)C4O)C3O. The molecule has 9 aliphatic rings. The van der Waals surface area contributed by atoms with Gasteiger partial charge in [-0.2, -0.15) is 0 Å². The highest BCUT2D eigenvalue weighted by Gasteiger charge is 2.43. The van der Waals surface area contributed by atoms with Crippen molar-refractivity contribution in [3.63, 3.8) is 0 Å². The molecule has 0 heterocycles. The quantitative estimate of drug-likeness (QED) is 0.0474. The highest BCUT2D eigenvalue weighted by molar-refractivity contribution is 5.48. The molecule has 24 unspecified atom stereocenters. The van der Waals surface area contributed by atoms with E-state index in [1.807, 2.05) is 0 Å². The lowest BCUT2D eigenvalue weighted by Crippen LogP contribution is -2.36. The zero-order chi connectivity index (χ0) is 75.4. The summed E-state index contributed by atoms with van der Waals surface area (Å²) in [5, 5.41) is 105. The molecule has 0 aliphatic heterocycles. The first-order valence-electron chi connectivity index (χ1n) is 42.6. The molecule has 8 nitrogen and oxygen atoms in total. The molecule has 24 atom stereocenters. The van der Waals surface area contributed by atoms with Crippen LogP contribution in [0.1, 0.15) is 265 Å². The Morgan fingerprint density at radius 2 is 0.356 bits per heavy atom. The van der Waals surface area contributed by atoms with E-state index < -0.39 is 48.8 Å². The third kappa shape index (κ3) is 20.3. The summed E-state index contributed by atoms with van der Waals surface area (Å²) in [6.45, 7) is 36.2. The second-order valence-electron chi connectivity index (χ2n) is 35.1. The van der Waals surface area contributed by atoms with Crippen molar-refractivity contribution in [2.24, 2.45) is 94.7 Å². The maximum atomic E-state index is 13.2. The number of allylic oxidation sites excluding steroid dienone is 16. The van der Waals surface area contributed by atoms with Gasteiger partial charge in [0.1, 0.15) is 0 Å². The standard InChI is InChI=1S/C96H144O8/c1-17-25-57(9)65-33-73-49-75-35-66(58(10)26-18-2)37-77(90(75)98)51-79-39-68(60(12)28-20-4)41-81(92(79)100)53-83-43-70(62(14)30-22-6)45-85(94(83)102)55-87-47-72(64(16)32-24-8)48-88(96(87)104)56-86-46-71(63(15)31-23-7)44-84(95(86)103)54-82-42-69(61(13)29-21-5)40-80(93(82)101)52-78-38-67(59(11)27-19-3)36-76(91(78)99)50-74(34-65)89(73)97/h33-48,57-64,73,75-76,79-80,85-87,89-104H,17-32,49-56H2,1-16H3. The minimum Gasteiger partial charge on any atom is -0.388 e. The molecule has 0 aromatic rings. The molecule has 9 rings (SSSR count). The summed E-state index contributed by atoms with van der Waals surface area (Å²) in [6.07, 6.45) is 49.1. The summed E-state index contributed by atoms with van der Waals surface area (Å²) < 4.78 is 0. The van der Waals surface area contributed by atoms with E-state index in [4.69, 9.17) is 0 Å². The lowest BCUT2D eigenvalue weighted by atomic mass is 9.69. The topological polar surface area (TPSA) is 162 Å². The lowest BCUT2D eigenvalue weighted by molar-refractivity contribution is 0.0972. The highest BCUT2D eigenvalue weighted by atomic mass is 16.3. The Hall–Kier alpha value is -4.48. The second kappa shape index (κ2) is 38.7. The number of aliphatic hydroxyl groups is 8. The molecule has 0 amide bonds. The Morgan fingerprint density at radius 3 is 0.529 bits per heavy atom. The number of hydrogen-bond donors (Lipinski definition) is 8. The minimum atomic E-state index is -0.878. The molecular weight excluding hydrogens is 1280 g/mol. The summed E-state index contributed by atoms with van der Waals surface area (Å²) in [5.41, 5.74) is 16.8. The van der Waals surface area contributed by atoms with E-state index in [9.17, 15) is 40.9 Å². The van der Waals surface area contributed by atoms with E-state index in [-0.39, 0.29) is 94.7 Å². The highest BCUT2D eigenvalue weighted by Crippen LogP contribution is 2.49. The fraction of sp³-hybridized carbons (Fsp3) is 0.667. The molecule has 1 fully saturated rings. The van der Waals surface area contributed by atoms with Crippen LogP contribution in [0.5, 0.6) is 0 Å². The predicted molar refractivity (Wildman–Crippen MR) is 435 cm³/mol. The van der Waals surface area contributed by atoms with Crippen LogP contribution in [0.3, 0.4) is 0 Å².